The van der Waals surface area contributed by atoms with Crippen LogP contribution >= 0.6 is 35.8 Å². The highest BCUT2D eigenvalue weighted by molar-refractivity contribution is 7.81. The van der Waals surface area contributed by atoms with E-state index in [4.69, 9.17) is 11.5 Å². The molecule has 0 aliphatic rings. The maximum Gasteiger partial charge on any atom is 0.175 e. The summed E-state index contributed by atoms with van der Waals surface area (Å²) < 4.78 is 0. The topological polar surface area (TPSA) is 77.8 Å². The molecule has 0 unspecified atom stereocenters. The van der Waals surface area contributed by atoms with Gasteiger partial charge in [0.1, 0.15) is 9.98 Å². The monoisotopic (exact) mass is 204 g/mol. The normalized spacial score (nSPS) is 9.45. The molecule has 1 rings (SSSR count). The molecule has 0 bridgehead atoms. The number of nitrogens with two attached hydrogens (primary N) is 2. The van der Waals surface area contributed by atoms with Gasteiger partial charge in [-0.2, -0.15) is 0 Å². The second-order valence-corrected chi connectivity index (χ2v) is 3.50. The first-order chi connectivity index (χ1) is 5.11. The molecule has 0 atom stereocenters. The molecule has 0 aliphatic heterocycles. The van der Waals surface area contributed by atoms with Crippen molar-refractivity contribution in [1.29, 1.82) is 0 Å². The summed E-state index contributed by atoms with van der Waals surface area (Å²) in [6, 6.07) is 0. The van der Waals surface area contributed by atoms with Gasteiger partial charge in [0.2, 0.25) is 0 Å². The van der Waals surface area contributed by atoms with E-state index in [-0.39, 0.29) is 9.98 Å². The predicted octanol–water partition coefficient (Wildman–Crippen LogP) is -0.194. The zero-order valence-electron chi connectivity index (χ0n) is 5.27. The minimum absolute atomic E-state index is 0.213. The molecule has 1 aromatic heterocycles. The lowest BCUT2D eigenvalue weighted by atomic mass is 10.7. The van der Waals surface area contributed by atoms with Gasteiger partial charge in [-0.25, -0.2) is 0 Å². The molecule has 0 radical (unpaired) electrons. The van der Waals surface area contributed by atoms with Crippen molar-refractivity contribution in [3.05, 3.63) is 10.0 Å². The second kappa shape index (κ2) is 3.16. The molecule has 7 heteroatoms. The van der Waals surface area contributed by atoms with Gasteiger partial charge in [-0.3, -0.25) is 0 Å². The zero-order chi connectivity index (χ0) is 8.43. The van der Waals surface area contributed by atoms with Crippen LogP contribution < -0.4 is 11.5 Å². The van der Waals surface area contributed by atoms with Crippen molar-refractivity contribution in [1.82, 2.24) is 10.2 Å². The molecule has 11 heavy (non-hydrogen) atoms. The van der Waals surface area contributed by atoms with Crippen molar-refractivity contribution >= 4 is 45.7 Å². The van der Waals surface area contributed by atoms with Gasteiger partial charge in [-0.05, 0) is 0 Å². The highest BCUT2D eigenvalue weighted by Gasteiger charge is 2.07. The van der Waals surface area contributed by atoms with Crippen LogP contribution in [0.25, 0.3) is 0 Å². The Morgan fingerprint density at radius 3 is 1.64 bits per heavy atom. The molecule has 0 amide bonds. The van der Waals surface area contributed by atoms with Gasteiger partial charge < -0.3 is 11.5 Å². The van der Waals surface area contributed by atoms with E-state index < -0.39 is 0 Å². The molecule has 58 valence electrons. The fraction of sp³-hybridized carbons (Fsp3) is 0. The summed E-state index contributed by atoms with van der Waals surface area (Å²) in [5.41, 5.74) is 10.6. The van der Waals surface area contributed by atoms with E-state index in [0.29, 0.717) is 10.0 Å². The lowest BCUT2D eigenvalue weighted by Crippen LogP contribution is -2.08. The lowest BCUT2D eigenvalue weighted by molar-refractivity contribution is 1.07. The Balaban J connectivity index is 2.99. The first-order valence-electron chi connectivity index (χ1n) is 2.54. The van der Waals surface area contributed by atoms with Crippen molar-refractivity contribution in [2.75, 3.05) is 0 Å². The Labute approximate surface area is 77.6 Å². The van der Waals surface area contributed by atoms with Crippen molar-refractivity contribution in [2.45, 2.75) is 0 Å². The van der Waals surface area contributed by atoms with Crippen LogP contribution in [0.15, 0.2) is 0 Å². The van der Waals surface area contributed by atoms with Crippen molar-refractivity contribution in [3.8, 4) is 0 Å². The third-order valence-corrected chi connectivity index (χ3v) is 2.48. The summed E-state index contributed by atoms with van der Waals surface area (Å²) in [7, 11) is 0. The molecule has 0 fully saturated rings. The zero-order valence-corrected chi connectivity index (χ0v) is 7.72. The summed E-state index contributed by atoms with van der Waals surface area (Å²) in [6.07, 6.45) is 0. The highest BCUT2D eigenvalue weighted by Crippen LogP contribution is 2.08. The minimum Gasteiger partial charge on any atom is -0.387 e. The van der Waals surface area contributed by atoms with Crippen LogP contribution in [0.1, 0.15) is 10.0 Å². The van der Waals surface area contributed by atoms with Gasteiger partial charge in [0.15, 0.2) is 10.0 Å². The summed E-state index contributed by atoms with van der Waals surface area (Å²) in [4.78, 5) is 0.426. The molecule has 0 saturated carbocycles. The Hall–Kier alpha value is -0.660. The van der Waals surface area contributed by atoms with E-state index in [1.807, 2.05) is 0 Å². The van der Waals surface area contributed by atoms with Gasteiger partial charge in [0, 0.05) is 0 Å². The van der Waals surface area contributed by atoms with E-state index in [9.17, 15) is 0 Å². The summed E-state index contributed by atoms with van der Waals surface area (Å²) in [5, 5.41) is 8.32. The average molecular weight is 204 g/mol. The number of rotatable bonds is 2. The maximum atomic E-state index is 5.28. The van der Waals surface area contributed by atoms with E-state index >= 15 is 0 Å². The number of hydrogen-bond acceptors (Lipinski definition) is 5. The van der Waals surface area contributed by atoms with Gasteiger partial charge in [-0.15, -0.1) is 10.2 Å². The first-order valence-corrected chi connectivity index (χ1v) is 4.17. The van der Waals surface area contributed by atoms with Crippen LogP contribution in [0.4, 0.5) is 0 Å². The molecule has 1 aromatic rings. The molecule has 0 aromatic carbocycles. The maximum absolute atomic E-state index is 5.28. The van der Waals surface area contributed by atoms with Crippen LogP contribution in [-0.4, -0.2) is 20.2 Å². The molecule has 0 spiro atoms. The van der Waals surface area contributed by atoms with Crippen LogP contribution in [0, 0.1) is 0 Å². The summed E-state index contributed by atoms with van der Waals surface area (Å²) in [5.74, 6) is 0. The quantitative estimate of drug-likeness (QED) is 0.650. The fourth-order valence-electron chi connectivity index (χ4n) is 0.422. The average Bonchev–Trinajstić information content (AvgIpc) is 2.33. The van der Waals surface area contributed by atoms with E-state index in [1.54, 1.807) is 0 Å². The van der Waals surface area contributed by atoms with E-state index in [1.165, 1.54) is 11.3 Å². The minimum atomic E-state index is 0.213. The standard InChI is InChI=1S/C4H4N4S3/c5-1(9)3-7-8-4(11-3)2(6)10/h(H2,5,9)(H2,6,10). The van der Waals surface area contributed by atoms with Crippen molar-refractivity contribution in [3.63, 3.8) is 0 Å². The molecule has 0 saturated heterocycles. The van der Waals surface area contributed by atoms with E-state index in [2.05, 4.69) is 34.6 Å². The molecule has 0 aliphatic carbocycles. The highest BCUT2D eigenvalue weighted by atomic mass is 32.1. The number of nitrogens with zero attached hydrogens (tertiary/aromatic N) is 2. The lowest BCUT2D eigenvalue weighted by Gasteiger charge is -1.84. The van der Waals surface area contributed by atoms with Crippen LogP contribution in [0.5, 0.6) is 0 Å². The number of thiocarbonyl (C=S) groups is 2. The molecule has 4 nitrogen and oxygen atoms in total. The van der Waals surface area contributed by atoms with Gasteiger partial charge in [0.05, 0.1) is 0 Å². The fourth-order valence-corrected chi connectivity index (χ4v) is 1.30. The first kappa shape index (κ1) is 8.44. The molecule has 4 N–H and O–H groups in total. The van der Waals surface area contributed by atoms with Gasteiger partial charge in [0.25, 0.3) is 0 Å². The van der Waals surface area contributed by atoms with Crippen LogP contribution in [-0.2, 0) is 0 Å². The molecular formula is C4H4N4S3. The summed E-state index contributed by atoms with van der Waals surface area (Å²) >= 11 is 10.5. The number of aromatic nitrogens is 2. The van der Waals surface area contributed by atoms with Crippen molar-refractivity contribution in [2.24, 2.45) is 11.5 Å². The van der Waals surface area contributed by atoms with Crippen molar-refractivity contribution < 1.29 is 0 Å². The molecular weight excluding hydrogens is 200 g/mol. The largest absolute Gasteiger partial charge is 0.387 e. The van der Waals surface area contributed by atoms with Gasteiger partial charge >= 0.3 is 0 Å². The predicted molar refractivity (Wildman–Crippen MR) is 51.7 cm³/mol. The van der Waals surface area contributed by atoms with Gasteiger partial charge in [-0.1, -0.05) is 35.8 Å². The Bertz CT molecular complexity index is 276. The Morgan fingerprint density at radius 1 is 1.09 bits per heavy atom. The SMILES string of the molecule is NC(=S)c1nnc(C(N)=S)s1. The third-order valence-electron chi connectivity index (χ3n) is 0.847. The summed E-state index contributed by atoms with van der Waals surface area (Å²) in [6.45, 7) is 0. The Morgan fingerprint density at radius 2 is 1.45 bits per heavy atom. The molecule has 1 heterocycles. The smallest absolute Gasteiger partial charge is 0.175 e. The van der Waals surface area contributed by atoms with Crippen LogP contribution in [0.2, 0.25) is 0 Å². The van der Waals surface area contributed by atoms with E-state index in [0.717, 1.165) is 0 Å². The van der Waals surface area contributed by atoms with Crippen LogP contribution in [0.3, 0.4) is 0 Å². The number of hydrogen-bond donors (Lipinski definition) is 2. The third kappa shape index (κ3) is 1.88. The second-order valence-electron chi connectivity index (χ2n) is 1.64. The Kier molecular flexibility index (Phi) is 2.42.